The zero-order valence-corrected chi connectivity index (χ0v) is 20.6. The van der Waals surface area contributed by atoms with Crippen LogP contribution in [-0.2, 0) is 17.6 Å². The van der Waals surface area contributed by atoms with Crippen molar-refractivity contribution < 1.29 is 23.6 Å². The Balaban J connectivity index is 1.48. The quantitative estimate of drug-likeness (QED) is 0.324. The summed E-state index contributed by atoms with van der Waals surface area (Å²) in [6.07, 6.45) is 2.60. The number of nitrogens with zero attached hydrogens (tertiary/aromatic N) is 2. The van der Waals surface area contributed by atoms with E-state index in [1.807, 2.05) is 48.5 Å². The van der Waals surface area contributed by atoms with Crippen molar-refractivity contribution in [2.45, 2.75) is 18.9 Å². The summed E-state index contributed by atoms with van der Waals surface area (Å²) >= 11 is 0. The third-order valence-electron chi connectivity index (χ3n) is 5.73. The summed E-state index contributed by atoms with van der Waals surface area (Å²) < 4.78 is 16.1. The molecule has 4 aromatic rings. The summed E-state index contributed by atoms with van der Waals surface area (Å²) in [6, 6.07) is 21.0. The van der Waals surface area contributed by atoms with Gasteiger partial charge >= 0.3 is 0 Å². The molecule has 1 unspecified atom stereocenters. The average Bonchev–Trinajstić information content (AvgIpc) is 3.44. The summed E-state index contributed by atoms with van der Waals surface area (Å²) in [5, 5.41) is 9.62. The van der Waals surface area contributed by atoms with Gasteiger partial charge in [0.2, 0.25) is 5.91 Å². The Labute approximate surface area is 214 Å². The molecule has 2 aromatic carbocycles. The van der Waals surface area contributed by atoms with E-state index in [1.165, 1.54) is 13.2 Å². The molecule has 4 rings (SSSR count). The van der Waals surface area contributed by atoms with Crippen LogP contribution in [0.4, 0.5) is 0 Å². The first kappa shape index (κ1) is 25.4. The molecule has 2 aromatic heterocycles. The monoisotopic (exact) mass is 500 g/mol. The normalized spacial score (nSPS) is 11.4. The van der Waals surface area contributed by atoms with Crippen molar-refractivity contribution in [2.24, 2.45) is 0 Å². The van der Waals surface area contributed by atoms with E-state index >= 15 is 0 Å². The standard InChI is InChI=1S/C28H28N4O5/c1-35-21-11-12-25(36-2)22(17-21)26-18-24(32-37-26)28(34)31-23(16-19-8-4-3-5-9-19)27(33)30-15-13-20-10-6-7-14-29-20/h3-12,14,17-18,23H,13,15-16H2,1-2H3,(H,30,33)(H,31,34). The van der Waals surface area contributed by atoms with Crippen LogP contribution in [0, 0.1) is 0 Å². The molecule has 0 aliphatic heterocycles. The van der Waals surface area contributed by atoms with Crippen molar-refractivity contribution in [1.82, 2.24) is 20.8 Å². The van der Waals surface area contributed by atoms with Crippen LogP contribution < -0.4 is 20.1 Å². The van der Waals surface area contributed by atoms with E-state index in [1.54, 1.807) is 31.5 Å². The van der Waals surface area contributed by atoms with Crippen molar-refractivity contribution in [1.29, 1.82) is 0 Å². The molecule has 0 saturated heterocycles. The third-order valence-corrected chi connectivity index (χ3v) is 5.73. The van der Waals surface area contributed by atoms with Crippen LogP contribution in [0.5, 0.6) is 11.5 Å². The topological polar surface area (TPSA) is 116 Å². The molecule has 0 aliphatic carbocycles. The van der Waals surface area contributed by atoms with E-state index in [0.717, 1.165) is 11.3 Å². The van der Waals surface area contributed by atoms with Gasteiger partial charge in [-0.1, -0.05) is 41.6 Å². The molecule has 2 amide bonds. The minimum Gasteiger partial charge on any atom is -0.497 e. The molecule has 0 saturated carbocycles. The summed E-state index contributed by atoms with van der Waals surface area (Å²) in [5.41, 5.74) is 2.41. The van der Waals surface area contributed by atoms with Gasteiger partial charge in [-0.25, -0.2) is 0 Å². The highest BCUT2D eigenvalue weighted by Gasteiger charge is 2.24. The number of hydrogen-bond donors (Lipinski definition) is 2. The van der Waals surface area contributed by atoms with Gasteiger partial charge in [0.15, 0.2) is 11.5 Å². The van der Waals surface area contributed by atoms with Crippen molar-refractivity contribution in [3.8, 4) is 22.8 Å². The van der Waals surface area contributed by atoms with Gasteiger partial charge in [0.05, 0.1) is 19.8 Å². The van der Waals surface area contributed by atoms with Gasteiger partial charge in [0, 0.05) is 37.3 Å². The first-order chi connectivity index (χ1) is 18.1. The Morgan fingerprint density at radius 2 is 1.78 bits per heavy atom. The van der Waals surface area contributed by atoms with E-state index in [9.17, 15) is 9.59 Å². The van der Waals surface area contributed by atoms with Crippen molar-refractivity contribution in [3.63, 3.8) is 0 Å². The summed E-state index contributed by atoms with van der Waals surface area (Å²) in [7, 11) is 3.09. The van der Waals surface area contributed by atoms with E-state index in [0.29, 0.717) is 42.2 Å². The lowest BCUT2D eigenvalue weighted by molar-refractivity contribution is -0.122. The molecule has 0 bridgehead atoms. The molecule has 0 radical (unpaired) electrons. The number of carbonyl (C=O) groups excluding carboxylic acids is 2. The van der Waals surface area contributed by atoms with Crippen LogP contribution in [-0.4, -0.2) is 48.8 Å². The number of carbonyl (C=O) groups is 2. The first-order valence-corrected chi connectivity index (χ1v) is 11.8. The highest BCUT2D eigenvalue weighted by Crippen LogP contribution is 2.33. The van der Waals surface area contributed by atoms with Crippen LogP contribution >= 0.6 is 0 Å². The van der Waals surface area contributed by atoms with Gasteiger partial charge in [0.25, 0.3) is 5.91 Å². The van der Waals surface area contributed by atoms with Crippen LogP contribution in [0.1, 0.15) is 21.7 Å². The van der Waals surface area contributed by atoms with Crippen LogP contribution in [0.25, 0.3) is 11.3 Å². The van der Waals surface area contributed by atoms with Gasteiger partial charge in [0.1, 0.15) is 17.5 Å². The van der Waals surface area contributed by atoms with Crippen molar-refractivity contribution in [2.75, 3.05) is 20.8 Å². The van der Waals surface area contributed by atoms with E-state index in [4.69, 9.17) is 14.0 Å². The maximum Gasteiger partial charge on any atom is 0.274 e. The molecule has 37 heavy (non-hydrogen) atoms. The number of nitrogens with one attached hydrogen (secondary N) is 2. The van der Waals surface area contributed by atoms with Crippen molar-refractivity contribution in [3.05, 3.63) is 95.9 Å². The first-order valence-electron chi connectivity index (χ1n) is 11.8. The smallest absolute Gasteiger partial charge is 0.274 e. The number of aromatic nitrogens is 2. The molecule has 0 spiro atoms. The number of benzene rings is 2. The zero-order valence-electron chi connectivity index (χ0n) is 20.6. The predicted octanol–water partition coefficient (Wildman–Crippen LogP) is 3.45. The molecule has 0 aliphatic rings. The lowest BCUT2D eigenvalue weighted by Gasteiger charge is -2.18. The van der Waals surface area contributed by atoms with Crippen LogP contribution in [0.2, 0.25) is 0 Å². The number of amides is 2. The average molecular weight is 501 g/mol. The Kier molecular flexibility index (Phi) is 8.49. The SMILES string of the molecule is COc1ccc(OC)c(-c2cc(C(=O)NC(Cc3ccccc3)C(=O)NCCc3ccccn3)no2)c1. The second-order valence-corrected chi connectivity index (χ2v) is 8.22. The molecular formula is C28H28N4O5. The van der Waals surface area contributed by atoms with Gasteiger partial charge in [-0.05, 0) is 35.9 Å². The van der Waals surface area contributed by atoms with Crippen molar-refractivity contribution >= 4 is 11.8 Å². The second-order valence-electron chi connectivity index (χ2n) is 8.22. The van der Waals surface area contributed by atoms with Gasteiger partial charge in [-0.2, -0.15) is 0 Å². The fraction of sp³-hybridized carbons (Fsp3) is 0.214. The van der Waals surface area contributed by atoms with E-state index in [2.05, 4.69) is 20.8 Å². The van der Waals surface area contributed by atoms with Gasteiger partial charge < -0.3 is 24.6 Å². The molecule has 9 heteroatoms. The number of methoxy groups -OCH3 is 2. The number of pyridine rings is 1. The molecule has 9 nitrogen and oxygen atoms in total. The van der Waals surface area contributed by atoms with Crippen LogP contribution in [0.3, 0.4) is 0 Å². The van der Waals surface area contributed by atoms with Gasteiger partial charge in [-0.15, -0.1) is 0 Å². The molecule has 1 atom stereocenters. The Morgan fingerprint density at radius 1 is 0.973 bits per heavy atom. The second kappa shape index (κ2) is 12.3. The number of rotatable bonds is 11. The lowest BCUT2D eigenvalue weighted by atomic mass is 10.0. The minimum absolute atomic E-state index is 0.0409. The highest BCUT2D eigenvalue weighted by atomic mass is 16.5. The summed E-state index contributed by atoms with van der Waals surface area (Å²) in [6.45, 7) is 0.390. The fourth-order valence-electron chi connectivity index (χ4n) is 3.79. The summed E-state index contributed by atoms with van der Waals surface area (Å²) in [4.78, 5) is 30.4. The molecule has 0 fully saturated rings. The predicted molar refractivity (Wildman–Crippen MR) is 137 cm³/mol. The lowest BCUT2D eigenvalue weighted by Crippen LogP contribution is -2.48. The maximum atomic E-state index is 13.1. The minimum atomic E-state index is -0.815. The van der Waals surface area contributed by atoms with E-state index in [-0.39, 0.29) is 11.6 Å². The third kappa shape index (κ3) is 6.72. The Bertz CT molecular complexity index is 1320. The van der Waals surface area contributed by atoms with E-state index < -0.39 is 11.9 Å². The maximum absolute atomic E-state index is 13.1. The number of hydrogen-bond acceptors (Lipinski definition) is 7. The molecule has 2 heterocycles. The fourth-order valence-corrected chi connectivity index (χ4v) is 3.79. The zero-order chi connectivity index (χ0) is 26.0. The largest absolute Gasteiger partial charge is 0.497 e. The number of ether oxygens (including phenoxy) is 2. The van der Waals surface area contributed by atoms with Crippen LogP contribution in [0.15, 0.2) is 83.5 Å². The van der Waals surface area contributed by atoms with Gasteiger partial charge in [-0.3, -0.25) is 14.6 Å². The molecule has 2 N–H and O–H groups in total. The highest BCUT2D eigenvalue weighted by molar-refractivity contribution is 5.97. The Morgan fingerprint density at radius 3 is 2.51 bits per heavy atom. The summed E-state index contributed by atoms with van der Waals surface area (Å²) in [5.74, 6) is 0.644. The molecular weight excluding hydrogens is 472 g/mol. The molecule has 190 valence electrons. The Hall–Kier alpha value is -4.66.